The minimum atomic E-state index is -0.171. The molecule has 0 radical (unpaired) electrons. The summed E-state index contributed by atoms with van der Waals surface area (Å²) in [7, 11) is 0. The SMILES string of the molecule is Fc1cc(Br)cc(CNC2CCCCC2)c1. The Kier molecular flexibility index (Phi) is 4.36. The van der Waals surface area contributed by atoms with Crippen LogP contribution in [0.4, 0.5) is 4.39 Å². The maximum Gasteiger partial charge on any atom is 0.124 e. The van der Waals surface area contributed by atoms with Crippen molar-refractivity contribution < 1.29 is 4.39 Å². The van der Waals surface area contributed by atoms with E-state index in [9.17, 15) is 4.39 Å². The Hall–Kier alpha value is -0.410. The lowest BCUT2D eigenvalue weighted by Gasteiger charge is -2.22. The fraction of sp³-hybridized carbons (Fsp3) is 0.538. The second kappa shape index (κ2) is 5.78. The molecule has 0 spiro atoms. The molecule has 1 N–H and O–H groups in total. The summed E-state index contributed by atoms with van der Waals surface area (Å²) in [5.41, 5.74) is 1.01. The van der Waals surface area contributed by atoms with Gasteiger partial charge in [-0.2, -0.15) is 0 Å². The average molecular weight is 286 g/mol. The molecule has 0 aliphatic heterocycles. The third kappa shape index (κ3) is 3.56. The van der Waals surface area contributed by atoms with Crippen molar-refractivity contribution in [1.82, 2.24) is 5.32 Å². The van der Waals surface area contributed by atoms with Gasteiger partial charge in [0.05, 0.1) is 0 Å². The topological polar surface area (TPSA) is 12.0 Å². The number of hydrogen-bond acceptors (Lipinski definition) is 1. The monoisotopic (exact) mass is 285 g/mol. The van der Waals surface area contributed by atoms with Crippen LogP contribution in [0.1, 0.15) is 37.7 Å². The van der Waals surface area contributed by atoms with Crippen molar-refractivity contribution in [3.8, 4) is 0 Å². The van der Waals surface area contributed by atoms with E-state index in [2.05, 4.69) is 21.2 Å². The van der Waals surface area contributed by atoms with Gasteiger partial charge in [-0.1, -0.05) is 35.2 Å². The Morgan fingerprint density at radius 1 is 1.19 bits per heavy atom. The van der Waals surface area contributed by atoms with Gasteiger partial charge >= 0.3 is 0 Å². The first-order valence-corrected chi connectivity index (χ1v) is 6.72. The Morgan fingerprint density at radius 3 is 2.62 bits per heavy atom. The van der Waals surface area contributed by atoms with Gasteiger partial charge < -0.3 is 5.32 Å². The lowest BCUT2D eigenvalue weighted by atomic mass is 9.95. The molecule has 88 valence electrons. The van der Waals surface area contributed by atoms with Crippen LogP contribution in [-0.2, 0) is 6.54 Å². The van der Waals surface area contributed by atoms with Gasteiger partial charge in [0.2, 0.25) is 0 Å². The molecule has 1 nitrogen and oxygen atoms in total. The van der Waals surface area contributed by atoms with Gasteiger partial charge in [-0.15, -0.1) is 0 Å². The van der Waals surface area contributed by atoms with Crippen molar-refractivity contribution >= 4 is 15.9 Å². The van der Waals surface area contributed by atoms with Gasteiger partial charge in [-0.3, -0.25) is 0 Å². The normalized spacial score (nSPS) is 17.6. The smallest absolute Gasteiger partial charge is 0.124 e. The van der Waals surface area contributed by atoms with Crippen LogP contribution in [0.15, 0.2) is 22.7 Å². The highest BCUT2D eigenvalue weighted by atomic mass is 79.9. The maximum atomic E-state index is 13.1. The van der Waals surface area contributed by atoms with Crippen LogP contribution in [0, 0.1) is 5.82 Å². The standard InChI is InChI=1S/C13H17BrFN/c14-11-6-10(7-12(15)8-11)9-16-13-4-2-1-3-5-13/h6-8,13,16H,1-5,9H2. The molecular weight excluding hydrogens is 269 g/mol. The van der Waals surface area contributed by atoms with Crippen molar-refractivity contribution in [2.45, 2.75) is 44.7 Å². The zero-order valence-electron chi connectivity index (χ0n) is 9.31. The minimum absolute atomic E-state index is 0.171. The molecule has 1 aromatic rings. The molecule has 1 saturated carbocycles. The third-order valence-corrected chi connectivity index (χ3v) is 3.58. The predicted octanol–water partition coefficient (Wildman–Crippen LogP) is 4.01. The molecule has 3 heteroatoms. The highest BCUT2D eigenvalue weighted by molar-refractivity contribution is 9.10. The van der Waals surface area contributed by atoms with E-state index in [1.165, 1.54) is 38.2 Å². The van der Waals surface area contributed by atoms with Gasteiger partial charge in [0.15, 0.2) is 0 Å². The van der Waals surface area contributed by atoms with E-state index in [0.717, 1.165) is 16.6 Å². The summed E-state index contributed by atoms with van der Waals surface area (Å²) in [5, 5.41) is 3.50. The van der Waals surface area contributed by atoms with E-state index in [1.807, 2.05) is 6.07 Å². The van der Waals surface area contributed by atoms with E-state index >= 15 is 0 Å². The zero-order chi connectivity index (χ0) is 11.4. The van der Waals surface area contributed by atoms with Gasteiger partial charge in [0.1, 0.15) is 5.82 Å². The molecule has 2 rings (SSSR count). The van der Waals surface area contributed by atoms with Crippen molar-refractivity contribution in [3.05, 3.63) is 34.1 Å². The van der Waals surface area contributed by atoms with Crippen LogP contribution < -0.4 is 5.32 Å². The number of benzene rings is 1. The maximum absolute atomic E-state index is 13.1. The van der Waals surface area contributed by atoms with E-state index < -0.39 is 0 Å². The Morgan fingerprint density at radius 2 is 1.94 bits per heavy atom. The summed E-state index contributed by atoms with van der Waals surface area (Å²) >= 11 is 3.31. The quantitative estimate of drug-likeness (QED) is 0.885. The average Bonchev–Trinajstić information content (AvgIpc) is 2.27. The van der Waals surface area contributed by atoms with E-state index in [4.69, 9.17) is 0 Å². The van der Waals surface area contributed by atoms with Gasteiger partial charge in [-0.25, -0.2) is 4.39 Å². The summed E-state index contributed by atoms with van der Waals surface area (Å²) in [6.07, 6.45) is 6.53. The highest BCUT2D eigenvalue weighted by Crippen LogP contribution is 2.19. The second-order valence-corrected chi connectivity index (χ2v) is 5.41. The predicted molar refractivity (Wildman–Crippen MR) is 67.8 cm³/mol. The van der Waals surface area contributed by atoms with Crippen molar-refractivity contribution in [3.63, 3.8) is 0 Å². The number of hydrogen-bond donors (Lipinski definition) is 1. The highest BCUT2D eigenvalue weighted by Gasteiger charge is 2.12. The summed E-state index contributed by atoms with van der Waals surface area (Å²) in [6, 6.07) is 5.68. The van der Waals surface area contributed by atoms with Crippen molar-refractivity contribution in [2.24, 2.45) is 0 Å². The molecule has 0 aromatic heterocycles. The number of nitrogens with one attached hydrogen (secondary N) is 1. The van der Waals surface area contributed by atoms with E-state index in [1.54, 1.807) is 6.07 Å². The first-order valence-electron chi connectivity index (χ1n) is 5.92. The van der Waals surface area contributed by atoms with E-state index in [0.29, 0.717) is 6.04 Å². The summed E-state index contributed by atoms with van der Waals surface area (Å²) < 4.78 is 13.9. The lowest BCUT2D eigenvalue weighted by Crippen LogP contribution is -2.30. The molecule has 1 fully saturated rings. The molecule has 16 heavy (non-hydrogen) atoms. The molecule has 0 bridgehead atoms. The Labute approximate surface area is 105 Å². The summed E-state index contributed by atoms with van der Waals surface area (Å²) in [6.45, 7) is 0.765. The molecule has 1 aromatic carbocycles. The second-order valence-electron chi connectivity index (χ2n) is 4.49. The van der Waals surface area contributed by atoms with Crippen LogP contribution in [0.5, 0.6) is 0 Å². The zero-order valence-corrected chi connectivity index (χ0v) is 10.9. The lowest BCUT2D eigenvalue weighted by molar-refractivity contribution is 0.372. The summed E-state index contributed by atoms with van der Waals surface area (Å²) in [5.74, 6) is -0.171. The Balaban J connectivity index is 1.88. The van der Waals surface area contributed by atoms with Crippen LogP contribution in [0.2, 0.25) is 0 Å². The van der Waals surface area contributed by atoms with Crippen LogP contribution >= 0.6 is 15.9 Å². The molecule has 0 atom stereocenters. The molecule has 0 saturated heterocycles. The number of rotatable bonds is 3. The van der Waals surface area contributed by atoms with Gasteiger partial charge in [0, 0.05) is 17.1 Å². The van der Waals surface area contributed by atoms with E-state index in [-0.39, 0.29) is 5.82 Å². The molecule has 1 aliphatic rings. The van der Waals surface area contributed by atoms with Crippen LogP contribution in [0.25, 0.3) is 0 Å². The van der Waals surface area contributed by atoms with Crippen LogP contribution in [-0.4, -0.2) is 6.04 Å². The largest absolute Gasteiger partial charge is 0.310 e. The first kappa shape index (κ1) is 12.1. The molecule has 0 amide bonds. The molecular formula is C13H17BrFN. The molecule has 1 aliphatic carbocycles. The summed E-state index contributed by atoms with van der Waals surface area (Å²) in [4.78, 5) is 0. The molecule has 0 heterocycles. The van der Waals surface area contributed by atoms with Gasteiger partial charge in [-0.05, 0) is 36.6 Å². The van der Waals surface area contributed by atoms with Crippen molar-refractivity contribution in [2.75, 3.05) is 0 Å². The van der Waals surface area contributed by atoms with Crippen molar-refractivity contribution in [1.29, 1.82) is 0 Å². The Bertz CT molecular complexity index is 328. The van der Waals surface area contributed by atoms with Crippen LogP contribution in [0.3, 0.4) is 0 Å². The third-order valence-electron chi connectivity index (χ3n) is 3.12. The number of halogens is 2. The fourth-order valence-electron chi connectivity index (χ4n) is 2.28. The first-order chi connectivity index (χ1) is 7.74. The minimum Gasteiger partial charge on any atom is -0.310 e. The molecule has 0 unspecified atom stereocenters. The van der Waals surface area contributed by atoms with Gasteiger partial charge in [0.25, 0.3) is 0 Å². The fourth-order valence-corrected chi connectivity index (χ4v) is 2.79.